The number of hydrogen-bond donors (Lipinski definition) is 1. The van der Waals surface area contributed by atoms with Crippen molar-refractivity contribution in [3.63, 3.8) is 0 Å². The van der Waals surface area contributed by atoms with Gasteiger partial charge in [0.15, 0.2) is 0 Å². The Morgan fingerprint density at radius 1 is 1.35 bits per heavy atom. The van der Waals surface area contributed by atoms with Crippen LogP contribution in [0.4, 0.5) is 0 Å². The van der Waals surface area contributed by atoms with Gasteiger partial charge in [-0.1, -0.05) is 13.8 Å². The molecule has 4 nitrogen and oxygen atoms in total. The van der Waals surface area contributed by atoms with Crippen molar-refractivity contribution in [2.45, 2.75) is 33.1 Å². The van der Waals surface area contributed by atoms with Crippen LogP contribution in [0.5, 0.6) is 0 Å². The Balaban J connectivity index is 2.36. The second-order valence-electron chi connectivity index (χ2n) is 4.95. The minimum absolute atomic E-state index is 0.243. The fourth-order valence-electron chi connectivity index (χ4n) is 2.40. The lowest BCUT2D eigenvalue weighted by Crippen LogP contribution is -2.40. The third kappa shape index (κ3) is 4.64. The lowest BCUT2D eigenvalue weighted by molar-refractivity contribution is -0.132. The normalized spacial score (nSPS) is 20.8. The first kappa shape index (κ1) is 14.5. The second kappa shape index (κ2) is 7.67. The summed E-state index contributed by atoms with van der Waals surface area (Å²) in [5.41, 5.74) is 0. The molecule has 1 saturated heterocycles. The largest absolute Gasteiger partial charge is 0.396 e. The topological polar surface area (TPSA) is 43.8 Å². The van der Waals surface area contributed by atoms with Crippen LogP contribution in [0.3, 0.4) is 0 Å². The maximum Gasteiger partial charge on any atom is 0.236 e. The molecular weight excluding hydrogens is 216 g/mol. The Kier molecular flexibility index (Phi) is 6.52. The summed E-state index contributed by atoms with van der Waals surface area (Å²) in [7, 11) is 0. The first-order valence-corrected chi connectivity index (χ1v) is 6.82. The monoisotopic (exact) mass is 242 g/mol. The van der Waals surface area contributed by atoms with E-state index in [1.165, 1.54) is 0 Å². The van der Waals surface area contributed by atoms with E-state index in [1.54, 1.807) is 0 Å². The van der Waals surface area contributed by atoms with Crippen LogP contribution in [0, 0.1) is 5.92 Å². The van der Waals surface area contributed by atoms with Crippen LogP contribution in [0.15, 0.2) is 0 Å². The molecule has 0 bridgehead atoms. The van der Waals surface area contributed by atoms with Gasteiger partial charge in [0.05, 0.1) is 6.54 Å². The highest BCUT2D eigenvalue weighted by molar-refractivity contribution is 5.78. The van der Waals surface area contributed by atoms with E-state index in [0.29, 0.717) is 12.5 Å². The number of aliphatic hydroxyl groups excluding tert-OH is 1. The number of rotatable bonds is 7. The second-order valence-corrected chi connectivity index (χ2v) is 4.95. The van der Waals surface area contributed by atoms with E-state index in [2.05, 4.69) is 18.7 Å². The lowest BCUT2D eigenvalue weighted by Gasteiger charge is -2.24. The molecule has 0 radical (unpaired) electrons. The molecule has 17 heavy (non-hydrogen) atoms. The molecule has 0 aromatic carbocycles. The number of amides is 1. The van der Waals surface area contributed by atoms with Gasteiger partial charge in [-0.15, -0.1) is 0 Å². The van der Waals surface area contributed by atoms with Gasteiger partial charge in [-0.3, -0.25) is 9.69 Å². The molecule has 0 saturated carbocycles. The van der Waals surface area contributed by atoms with Gasteiger partial charge in [-0.05, 0) is 31.7 Å². The predicted molar refractivity (Wildman–Crippen MR) is 68.8 cm³/mol. The number of likely N-dealkylation sites (tertiary alicyclic amines) is 1. The van der Waals surface area contributed by atoms with Crippen molar-refractivity contribution in [3.05, 3.63) is 0 Å². The van der Waals surface area contributed by atoms with Gasteiger partial charge >= 0.3 is 0 Å². The fourth-order valence-corrected chi connectivity index (χ4v) is 2.40. The summed E-state index contributed by atoms with van der Waals surface area (Å²) in [6, 6.07) is 0. The molecule has 4 heteroatoms. The van der Waals surface area contributed by atoms with Crippen molar-refractivity contribution in [2.75, 3.05) is 39.3 Å². The van der Waals surface area contributed by atoms with Gasteiger partial charge in [0.25, 0.3) is 0 Å². The molecule has 1 atom stereocenters. The lowest BCUT2D eigenvalue weighted by atomic mass is 10.1. The summed E-state index contributed by atoms with van der Waals surface area (Å²) in [5.74, 6) is 0.612. The van der Waals surface area contributed by atoms with Gasteiger partial charge in [-0.2, -0.15) is 0 Å². The average molecular weight is 242 g/mol. The van der Waals surface area contributed by atoms with Crippen molar-refractivity contribution < 1.29 is 9.90 Å². The van der Waals surface area contributed by atoms with Crippen LogP contribution in [-0.4, -0.2) is 60.1 Å². The van der Waals surface area contributed by atoms with Gasteiger partial charge in [0.1, 0.15) is 0 Å². The smallest absolute Gasteiger partial charge is 0.236 e. The first-order valence-electron chi connectivity index (χ1n) is 6.82. The Hall–Kier alpha value is -0.610. The molecule has 100 valence electrons. The maximum absolute atomic E-state index is 12.1. The third-order valence-electron chi connectivity index (χ3n) is 3.33. The van der Waals surface area contributed by atoms with E-state index in [4.69, 9.17) is 5.11 Å². The van der Waals surface area contributed by atoms with Crippen LogP contribution < -0.4 is 0 Å². The summed E-state index contributed by atoms with van der Waals surface area (Å²) in [6.45, 7) is 8.53. The van der Waals surface area contributed by atoms with Crippen LogP contribution in [0.25, 0.3) is 0 Å². The Labute approximate surface area is 105 Å². The van der Waals surface area contributed by atoms with Crippen LogP contribution in [-0.2, 0) is 4.79 Å². The van der Waals surface area contributed by atoms with Crippen LogP contribution in [0.1, 0.15) is 33.1 Å². The molecule has 1 N–H and O–H groups in total. The van der Waals surface area contributed by atoms with E-state index in [1.807, 2.05) is 4.90 Å². The highest BCUT2D eigenvalue weighted by Gasteiger charge is 2.24. The summed E-state index contributed by atoms with van der Waals surface area (Å²) < 4.78 is 0. The first-order chi connectivity index (χ1) is 8.21. The van der Waals surface area contributed by atoms with Gasteiger partial charge in [0, 0.05) is 26.2 Å². The van der Waals surface area contributed by atoms with E-state index in [9.17, 15) is 4.79 Å². The van der Waals surface area contributed by atoms with Gasteiger partial charge in [0.2, 0.25) is 5.91 Å². The molecule has 1 rings (SSSR count). The van der Waals surface area contributed by atoms with E-state index in [-0.39, 0.29) is 12.5 Å². The molecule has 1 heterocycles. The number of nitrogens with zero attached hydrogens (tertiary/aromatic N) is 2. The average Bonchev–Trinajstić information content (AvgIpc) is 2.76. The molecule has 0 aromatic heterocycles. The summed E-state index contributed by atoms with van der Waals surface area (Å²) >= 11 is 0. The summed E-state index contributed by atoms with van der Waals surface area (Å²) in [6.07, 6.45) is 3.06. The predicted octanol–water partition coefficient (Wildman–Crippen LogP) is 0.949. The number of aliphatic hydroxyl groups is 1. The minimum atomic E-state index is 0.243. The molecule has 0 unspecified atom stereocenters. The molecular formula is C13H26N2O2. The van der Waals surface area contributed by atoms with E-state index >= 15 is 0 Å². The van der Waals surface area contributed by atoms with Crippen molar-refractivity contribution in [2.24, 2.45) is 5.92 Å². The van der Waals surface area contributed by atoms with E-state index in [0.717, 1.165) is 45.4 Å². The fraction of sp³-hybridized carbons (Fsp3) is 0.923. The maximum atomic E-state index is 12.1. The quantitative estimate of drug-likeness (QED) is 0.723. The standard InChI is InChI=1S/C13H26N2O2/c1-3-6-15(7-4-2)13(17)10-14-8-5-12(9-14)11-16/h12,16H,3-11H2,1-2H3/t12-/m1/s1. The Bertz CT molecular complexity index is 227. The third-order valence-corrected chi connectivity index (χ3v) is 3.33. The zero-order chi connectivity index (χ0) is 12.7. The van der Waals surface area contributed by atoms with Gasteiger partial charge < -0.3 is 10.0 Å². The molecule has 0 aromatic rings. The zero-order valence-electron chi connectivity index (χ0n) is 11.2. The Morgan fingerprint density at radius 2 is 2.00 bits per heavy atom. The number of hydrogen-bond acceptors (Lipinski definition) is 3. The summed E-state index contributed by atoms with van der Waals surface area (Å²) in [4.78, 5) is 16.2. The Morgan fingerprint density at radius 3 is 2.47 bits per heavy atom. The molecule has 1 aliphatic heterocycles. The van der Waals surface area contributed by atoms with Gasteiger partial charge in [-0.25, -0.2) is 0 Å². The van der Waals surface area contributed by atoms with E-state index < -0.39 is 0 Å². The van der Waals surface area contributed by atoms with Crippen molar-refractivity contribution in [1.29, 1.82) is 0 Å². The summed E-state index contributed by atoms with van der Waals surface area (Å²) in [5, 5.41) is 9.07. The van der Waals surface area contributed by atoms with Crippen LogP contribution >= 0.6 is 0 Å². The van der Waals surface area contributed by atoms with Crippen molar-refractivity contribution in [3.8, 4) is 0 Å². The number of carbonyl (C=O) groups excluding carboxylic acids is 1. The zero-order valence-corrected chi connectivity index (χ0v) is 11.2. The number of carbonyl (C=O) groups is 1. The molecule has 1 fully saturated rings. The van der Waals surface area contributed by atoms with Crippen molar-refractivity contribution >= 4 is 5.91 Å². The highest BCUT2D eigenvalue weighted by Crippen LogP contribution is 2.15. The molecule has 0 spiro atoms. The van der Waals surface area contributed by atoms with Crippen LogP contribution in [0.2, 0.25) is 0 Å². The molecule has 1 aliphatic rings. The van der Waals surface area contributed by atoms with Crippen molar-refractivity contribution in [1.82, 2.24) is 9.80 Å². The highest BCUT2D eigenvalue weighted by atomic mass is 16.3. The SMILES string of the molecule is CCCN(CCC)C(=O)CN1CC[C@@H](CO)C1. The molecule has 1 amide bonds. The minimum Gasteiger partial charge on any atom is -0.396 e. The molecule has 0 aliphatic carbocycles.